The predicted molar refractivity (Wildman–Crippen MR) is 119 cm³/mol. The molecule has 132 valence electrons. The Bertz CT molecular complexity index is 387. The molecule has 2 aromatic carbocycles. The minimum Gasteiger partial charge on any atom is -0.141 e. The number of aryl methyl sites for hydroxylation is 2. The molecular formula is C21H38P2. The van der Waals surface area contributed by atoms with Gasteiger partial charge in [0.25, 0.3) is 0 Å². The summed E-state index contributed by atoms with van der Waals surface area (Å²) in [4.78, 5) is 0. The monoisotopic (exact) mass is 352 g/mol. The van der Waals surface area contributed by atoms with Gasteiger partial charge in [-0.3, -0.25) is 0 Å². The van der Waals surface area contributed by atoms with Crippen LogP contribution in [0.1, 0.15) is 49.9 Å². The van der Waals surface area contributed by atoms with Crippen LogP contribution < -0.4 is 0 Å². The highest BCUT2D eigenvalue weighted by Crippen LogP contribution is 2.11. The summed E-state index contributed by atoms with van der Waals surface area (Å²) in [7, 11) is 4.83. The lowest BCUT2D eigenvalue weighted by Gasteiger charge is -2.03. The molecule has 0 amide bonds. The third-order valence-corrected chi connectivity index (χ3v) is 2.65. The average molecular weight is 352 g/mol. The van der Waals surface area contributed by atoms with E-state index in [0.29, 0.717) is 0 Å². The molecular weight excluding hydrogens is 314 g/mol. The topological polar surface area (TPSA) is 0 Å². The van der Waals surface area contributed by atoms with Crippen molar-refractivity contribution >= 4 is 18.5 Å². The van der Waals surface area contributed by atoms with E-state index < -0.39 is 0 Å². The van der Waals surface area contributed by atoms with Crippen LogP contribution >= 0.6 is 18.5 Å². The van der Waals surface area contributed by atoms with Crippen LogP contribution in [0.2, 0.25) is 0 Å². The lowest BCUT2D eigenvalue weighted by Crippen LogP contribution is -1.88. The van der Waals surface area contributed by atoms with Crippen molar-refractivity contribution < 1.29 is 0 Å². The van der Waals surface area contributed by atoms with E-state index in [-0.39, 0.29) is 0 Å². The minimum atomic E-state index is 1.03. The fourth-order valence-electron chi connectivity index (χ4n) is 1.65. The fourth-order valence-corrected chi connectivity index (χ4v) is 1.65. The van der Waals surface area contributed by atoms with Gasteiger partial charge < -0.3 is 0 Å². The summed E-state index contributed by atoms with van der Waals surface area (Å²) >= 11 is 0. The largest absolute Gasteiger partial charge is 0.141 e. The summed E-state index contributed by atoms with van der Waals surface area (Å²) in [5.74, 6) is 0. The average Bonchev–Trinajstić information content (AvgIpc) is 2.66. The summed E-state index contributed by atoms with van der Waals surface area (Å²) in [6, 6.07) is 17.5. The van der Waals surface area contributed by atoms with E-state index in [2.05, 4.69) is 80.9 Å². The first-order valence-corrected chi connectivity index (χ1v) is 10.8. The Morgan fingerprint density at radius 1 is 0.522 bits per heavy atom. The zero-order valence-corrected chi connectivity index (χ0v) is 18.8. The van der Waals surface area contributed by atoms with E-state index in [1.807, 2.05) is 41.0 Å². The summed E-state index contributed by atoms with van der Waals surface area (Å²) < 4.78 is 0. The number of benzene rings is 2. The van der Waals surface area contributed by atoms with Crippen LogP contribution in [0.5, 0.6) is 0 Å². The highest BCUT2D eigenvalue weighted by Gasteiger charge is 1.95. The van der Waals surface area contributed by atoms with E-state index in [0.717, 1.165) is 6.42 Å². The molecule has 0 fully saturated rings. The van der Waals surface area contributed by atoms with Crippen LogP contribution in [-0.4, -0.2) is 13.3 Å². The Balaban J connectivity index is -0.000000438. The molecule has 0 saturated carbocycles. The lowest BCUT2D eigenvalue weighted by molar-refractivity contribution is 1.18. The molecule has 0 aliphatic carbocycles. The Hall–Kier alpha value is -0.700. The van der Waals surface area contributed by atoms with Crippen LogP contribution in [-0.2, 0) is 6.42 Å². The molecule has 0 spiro atoms. The molecule has 2 heteroatoms. The van der Waals surface area contributed by atoms with E-state index in [9.17, 15) is 0 Å². The van der Waals surface area contributed by atoms with Crippen LogP contribution in [0.4, 0.5) is 0 Å². The zero-order valence-electron chi connectivity index (χ0n) is 16.5. The number of rotatable bonds is 2. The van der Waals surface area contributed by atoms with Crippen LogP contribution in [0.3, 0.4) is 0 Å². The summed E-state index contributed by atoms with van der Waals surface area (Å²) in [6.45, 7) is 16.1. The molecule has 0 bridgehead atoms. The van der Waals surface area contributed by atoms with Crippen LogP contribution in [0.15, 0.2) is 48.5 Å². The van der Waals surface area contributed by atoms with Gasteiger partial charge >= 0.3 is 0 Å². The molecule has 2 unspecified atom stereocenters. The highest BCUT2D eigenvalue weighted by molar-refractivity contribution is 7.15. The van der Waals surface area contributed by atoms with E-state index >= 15 is 0 Å². The molecule has 0 radical (unpaired) electrons. The van der Waals surface area contributed by atoms with Gasteiger partial charge in [0.15, 0.2) is 0 Å². The molecule has 0 nitrogen and oxygen atoms in total. The molecule has 2 atom stereocenters. The van der Waals surface area contributed by atoms with Gasteiger partial charge in [-0.25, -0.2) is 0 Å². The predicted octanol–water partition coefficient (Wildman–Crippen LogP) is 6.93. The molecule has 0 saturated heterocycles. The van der Waals surface area contributed by atoms with Gasteiger partial charge in [-0.15, -0.1) is 18.5 Å². The lowest BCUT2D eigenvalue weighted by atomic mass is 10.0. The van der Waals surface area contributed by atoms with Crippen LogP contribution in [0, 0.1) is 13.8 Å². The van der Waals surface area contributed by atoms with Gasteiger partial charge in [-0.1, -0.05) is 101 Å². The second-order valence-corrected chi connectivity index (χ2v) is 4.15. The summed E-state index contributed by atoms with van der Waals surface area (Å²) in [5, 5.41) is 0. The molecule has 0 aliphatic rings. The maximum absolute atomic E-state index is 2.42. The van der Waals surface area contributed by atoms with Crippen molar-refractivity contribution in [3.8, 4) is 0 Å². The minimum absolute atomic E-state index is 1.03. The van der Waals surface area contributed by atoms with E-state index in [4.69, 9.17) is 0 Å². The Labute approximate surface area is 150 Å². The van der Waals surface area contributed by atoms with Crippen molar-refractivity contribution in [2.45, 2.75) is 48.0 Å². The SMILES string of the molecule is CC.CC.CP.CP.Cc1ccc(Cc2ccc(C)cc2)cc1. The van der Waals surface area contributed by atoms with Crippen molar-refractivity contribution in [1.82, 2.24) is 0 Å². The molecule has 2 rings (SSSR count). The maximum Gasteiger partial charge on any atom is -0.00258 e. The Kier molecular flexibility index (Phi) is 25.2. The normalized spacial score (nSPS) is 7.74. The Morgan fingerprint density at radius 2 is 0.739 bits per heavy atom. The number of hydrogen-bond donors (Lipinski definition) is 0. The van der Waals surface area contributed by atoms with Crippen molar-refractivity contribution in [3.63, 3.8) is 0 Å². The third kappa shape index (κ3) is 14.6. The van der Waals surface area contributed by atoms with Gasteiger partial charge in [0.1, 0.15) is 0 Å². The zero-order chi connectivity index (χ0) is 18.7. The van der Waals surface area contributed by atoms with Gasteiger partial charge in [0.05, 0.1) is 0 Å². The first kappa shape index (κ1) is 27.2. The first-order valence-electron chi connectivity index (χ1n) is 8.50. The van der Waals surface area contributed by atoms with Crippen molar-refractivity contribution in [1.29, 1.82) is 0 Å². The second kappa shape index (κ2) is 21.3. The number of hydrogen-bond acceptors (Lipinski definition) is 0. The van der Waals surface area contributed by atoms with Gasteiger partial charge in [-0.2, -0.15) is 0 Å². The quantitative estimate of drug-likeness (QED) is 0.514. The van der Waals surface area contributed by atoms with E-state index in [1.165, 1.54) is 22.3 Å². The summed E-state index contributed by atoms with van der Waals surface area (Å²) in [6.07, 6.45) is 1.03. The highest BCUT2D eigenvalue weighted by atomic mass is 31.0. The molecule has 0 aliphatic heterocycles. The molecule has 0 aromatic heterocycles. The van der Waals surface area contributed by atoms with E-state index in [1.54, 1.807) is 0 Å². The smallest absolute Gasteiger partial charge is 0.00258 e. The fraction of sp³-hybridized carbons (Fsp3) is 0.429. The van der Waals surface area contributed by atoms with Crippen LogP contribution in [0.25, 0.3) is 0 Å². The van der Waals surface area contributed by atoms with Crippen molar-refractivity contribution in [3.05, 3.63) is 70.8 Å². The molecule has 2 aromatic rings. The maximum atomic E-state index is 2.42. The second-order valence-electron chi connectivity index (χ2n) is 4.15. The van der Waals surface area contributed by atoms with Crippen molar-refractivity contribution in [2.75, 3.05) is 13.3 Å². The first-order chi connectivity index (χ1) is 11.2. The molecule has 0 N–H and O–H groups in total. The van der Waals surface area contributed by atoms with Gasteiger partial charge in [0.2, 0.25) is 0 Å². The van der Waals surface area contributed by atoms with Gasteiger partial charge in [0, 0.05) is 0 Å². The third-order valence-electron chi connectivity index (χ3n) is 2.65. The van der Waals surface area contributed by atoms with Gasteiger partial charge in [-0.05, 0) is 31.4 Å². The molecule has 23 heavy (non-hydrogen) atoms. The standard InChI is InChI=1S/C15H16.2C2H6.2CH5P/c1-12-3-7-14(8-4-12)11-15-9-5-13(2)6-10-15;4*1-2/h3-10H,11H2,1-2H3;2*1-2H3;2*2H2,1H3. The summed E-state index contributed by atoms with van der Waals surface area (Å²) in [5.41, 5.74) is 5.40. The molecule has 0 heterocycles. The Morgan fingerprint density at radius 3 is 0.957 bits per heavy atom. The van der Waals surface area contributed by atoms with Crippen molar-refractivity contribution in [2.24, 2.45) is 0 Å².